The van der Waals surface area contributed by atoms with E-state index in [0.29, 0.717) is 0 Å². The van der Waals surface area contributed by atoms with Gasteiger partial charge in [0.05, 0.1) is 11.0 Å². The molecule has 0 fully saturated rings. The molecule has 132 valence electrons. The zero-order valence-electron chi connectivity index (χ0n) is 15.2. The Bertz CT molecular complexity index is 1440. The largest absolute Gasteiger partial charge is 0.456 e. The first-order valence-corrected chi connectivity index (χ1v) is 9.46. The molecule has 0 N–H and O–H groups in total. The van der Waals surface area contributed by atoms with Crippen molar-refractivity contribution in [3.05, 3.63) is 103 Å². The van der Waals surface area contributed by atoms with Crippen molar-refractivity contribution in [1.82, 2.24) is 4.57 Å². The molecule has 0 spiro atoms. The molecule has 0 atom stereocenters. The Morgan fingerprint density at radius 2 is 1.29 bits per heavy atom. The average Bonchev–Trinajstić information content (AvgIpc) is 3.32. The van der Waals surface area contributed by atoms with E-state index >= 15 is 0 Å². The third kappa shape index (κ3) is 2.21. The Hall–Kier alpha value is -3.78. The van der Waals surface area contributed by atoms with E-state index in [9.17, 15) is 0 Å². The van der Waals surface area contributed by atoms with Gasteiger partial charge in [0.2, 0.25) is 0 Å². The number of hydrogen-bond donors (Lipinski definition) is 0. The highest BCUT2D eigenvalue weighted by Crippen LogP contribution is 2.37. The summed E-state index contributed by atoms with van der Waals surface area (Å²) < 4.78 is 8.55. The normalized spacial score (nSPS) is 11.6. The minimum atomic E-state index is 0.902. The van der Waals surface area contributed by atoms with Crippen LogP contribution in [-0.2, 0) is 0 Å². The van der Waals surface area contributed by atoms with E-state index in [1.54, 1.807) is 0 Å². The molecular formula is C26H17NO. The lowest BCUT2D eigenvalue weighted by atomic mass is 10.1. The van der Waals surface area contributed by atoms with Crippen molar-refractivity contribution < 1.29 is 4.42 Å². The fourth-order valence-corrected chi connectivity index (χ4v) is 4.10. The first kappa shape index (κ1) is 15.3. The van der Waals surface area contributed by atoms with Gasteiger partial charge in [0, 0.05) is 33.5 Å². The van der Waals surface area contributed by atoms with Crippen molar-refractivity contribution >= 4 is 32.8 Å². The lowest BCUT2D eigenvalue weighted by Crippen LogP contribution is -1.92. The van der Waals surface area contributed by atoms with E-state index in [1.807, 2.05) is 24.3 Å². The summed E-state index contributed by atoms with van der Waals surface area (Å²) in [5, 5.41) is 3.63. The maximum absolute atomic E-state index is 6.24. The summed E-state index contributed by atoms with van der Waals surface area (Å²) in [6, 6.07) is 35.9. The Morgan fingerprint density at radius 1 is 0.571 bits per heavy atom. The molecular weight excluding hydrogens is 342 g/mol. The smallest absolute Gasteiger partial charge is 0.136 e. The van der Waals surface area contributed by atoms with Crippen molar-refractivity contribution in [3.8, 4) is 17.0 Å². The Labute approximate surface area is 162 Å². The molecule has 0 aliphatic rings. The SMILES string of the molecule is c1ccc(-c2cc3cc4c5ccccc5n(-c5ccccc5)c4cc3o2)cc1. The van der Waals surface area contributed by atoms with E-state index < -0.39 is 0 Å². The van der Waals surface area contributed by atoms with Crippen LogP contribution in [0.25, 0.3) is 49.8 Å². The van der Waals surface area contributed by atoms with Crippen LogP contribution in [-0.4, -0.2) is 4.57 Å². The van der Waals surface area contributed by atoms with Gasteiger partial charge >= 0.3 is 0 Å². The lowest BCUT2D eigenvalue weighted by molar-refractivity contribution is 0.632. The van der Waals surface area contributed by atoms with Crippen molar-refractivity contribution in [2.45, 2.75) is 0 Å². The van der Waals surface area contributed by atoms with Gasteiger partial charge in [-0.3, -0.25) is 0 Å². The third-order valence-electron chi connectivity index (χ3n) is 5.38. The number of aromatic nitrogens is 1. The summed E-state index contributed by atoms with van der Waals surface area (Å²) in [7, 11) is 0. The molecule has 2 heterocycles. The Kier molecular flexibility index (Phi) is 3.20. The van der Waals surface area contributed by atoms with Crippen molar-refractivity contribution in [2.75, 3.05) is 0 Å². The van der Waals surface area contributed by atoms with E-state index in [4.69, 9.17) is 4.42 Å². The fraction of sp³-hybridized carbons (Fsp3) is 0. The van der Waals surface area contributed by atoms with Crippen LogP contribution in [0.1, 0.15) is 0 Å². The van der Waals surface area contributed by atoms with Gasteiger partial charge in [0.1, 0.15) is 11.3 Å². The fourth-order valence-electron chi connectivity index (χ4n) is 4.10. The number of hydrogen-bond acceptors (Lipinski definition) is 1. The third-order valence-corrected chi connectivity index (χ3v) is 5.38. The molecule has 0 radical (unpaired) electrons. The second-order valence-corrected chi connectivity index (χ2v) is 7.07. The minimum Gasteiger partial charge on any atom is -0.456 e. The molecule has 0 unspecified atom stereocenters. The highest BCUT2D eigenvalue weighted by Gasteiger charge is 2.15. The number of para-hydroxylation sites is 2. The van der Waals surface area contributed by atoms with Crippen LogP contribution in [0.5, 0.6) is 0 Å². The van der Waals surface area contributed by atoms with Gasteiger partial charge in [-0.2, -0.15) is 0 Å². The van der Waals surface area contributed by atoms with Gasteiger partial charge in [0.15, 0.2) is 0 Å². The minimum absolute atomic E-state index is 0.902. The molecule has 2 nitrogen and oxygen atoms in total. The first-order valence-electron chi connectivity index (χ1n) is 9.46. The molecule has 0 saturated carbocycles. The summed E-state index contributed by atoms with van der Waals surface area (Å²) in [5.74, 6) is 0.902. The monoisotopic (exact) mass is 359 g/mol. The van der Waals surface area contributed by atoms with Crippen molar-refractivity contribution in [2.24, 2.45) is 0 Å². The molecule has 0 aliphatic carbocycles. The molecule has 6 aromatic rings. The molecule has 4 aromatic carbocycles. The molecule has 0 bridgehead atoms. The predicted octanol–water partition coefficient (Wildman–Crippen LogP) is 7.20. The lowest BCUT2D eigenvalue weighted by Gasteiger charge is -2.07. The van der Waals surface area contributed by atoms with E-state index in [1.165, 1.54) is 16.3 Å². The molecule has 0 aliphatic heterocycles. The summed E-state index contributed by atoms with van der Waals surface area (Å²) in [6.45, 7) is 0. The molecule has 28 heavy (non-hydrogen) atoms. The topological polar surface area (TPSA) is 18.1 Å². The van der Waals surface area contributed by atoms with Gasteiger partial charge in [-0.15, -0.1) is 0 Å². The number of fused-ring (bicyclic) bond motifs is 4. The quantitative estimate of drug-likeness (QED) is 0.320. The second-order valence-electron chi connectivity index (χ2n) is 7.07. The zero-order chi connectivity index (χ0) is 18.5. The summed E-state index contributed by atoms with van der Waals surface area (Å²) in [4.78, 5) is 0. The van der Waals surface area contributed by atoms with Gasteiger partial charge in [-0.1, -0.05) is 66.7 Å². The number of nitrogens with zero attached hydrogens (tertiary/aromatic N) is 1. The summed E-state index contributed by atoms with van der Waals surface area (Å²) >= 11 is 0. The number of furan rings is 1. The van der Waals surface area contributed by atoms with Crippen molar-refractivity contribution in [1.29, 1.82) is 0 Å². The zero-order valence-corrected chi connectivity index (χ0v) is 15.2. The number of benzene rings is 4. The maximum Gasteiger partial charge on any atom is 0.136 e. The van der Waals surface area contributed by atoms with Gasteiger partial charge in [-0.25, -0.2) is 0 Å². The Balaban J connectivity index is 1.70. The highest BCUT2D eigenvalue weighted by atomic mass is 16.3. The van der Waals surface area contributed by atoms with Crippen molar-refractivity contribution in [3.63, 3.8) is 0 Å². The van der Waals surface area contributed by atoms with Gasteiger partial charge in [0.25, 0.3) is 0 Å². The van der Waals surface area contributed by atoms with E-state index in [-0.39, 0.29) is 0 Å². The van der Waals surface area contributed by atoms with Gasteiger partial charge in [-0.05, 0) is 30.3 Å². The van der Waals surface area contributed by atoms with Crippen LogP contribution in [0.15, 0.2) is 108 Å². The summed E-state index contributed by atoms with van der Waals surface area (Å²) in [5.41, 5.74) is 5.53. The van der Waals surface area contributed by atoms with Crippen LogP contribution in [0.3, 0.4) is 0 Å². The molecule has 0 saturated heterocycles. The molecule has 0 amide bonds. The van der Waals surface area contributed by atoms with E-state index in [2.05, 4.69) is 83.4 Å². The van der Waals surface area contributed by atoms with Crippen LogP contribution < -0.4 is 0 Å². The second kappa shape index (κ2) is 5.86. The number of rotatable bonds is 2. The predicted molar refractivity (Wildman–Crippen MR) is 116 cm³/mol. The molecule has 2 heteroatoms. The first-order chi connectivity index (χ1) is 13.9. The standard InChI is InChI=1S/C26H17NO/c1-3-9-18(10-4-1)25-16-19-15-22-21-13-7-8-14-23(21)27(20-11-5-2-6-12-20)24(22)17-26(19)28-25/h1-17H. The van der Waals surface area contributed by atoms with Crippen LogP contribution in [0.2, 0.25) is 0 Å². The van der Waals surface area contributed by atoms with E-state index in [0.717, 1.165) is 33.5 Å². The highest BCUT2D eigenvalue weighted by molar-refractivity contribution is 6.13. The summed E-state index contributed by atoms with van der Waals surface area (Å²) in [6.07, 6.45) is 0. The maximum atomic E-state index is 6.24. The van der Waals surface area contributed by atoms with Crippen LogP contribution in [0.4, 0.5) is 0 Å². The average molecular weight is 359 g/mol. The molecule has 6 rings (SSSR count). The van der Waals surface area contributed by atoms with Crippen LogP contribution >= 0.6 is 0 Å². The van der Waals surface area contributed by atoms with Crippen LogP contribution in [0, 0.1) is 0 Å². The van der Waals surface area contributed by atoms with Gasteiger partial charge < -0.3 is 8.98 Å². The Morgan fingerprint density at radius 3 is 2.11 bits per heavy atom. The molecule has 2 aromatic heterocycles.